The molecule has 2 saturated heterocycles. The minimum atomic E-state index is -3.19. The molecule has 2 aromatic rings. The smallest absolute Gasteiger partial charge is 0.255 e. The van der Waals surface area contributed by atoms with Gasteiger partial charge in [-0.3, -0.25) is 24.6 Å². The Labute approximate surface area is 212 Å². The van der Waals surface area contributed by atoms with Crippen molar-refractivity contribution >= 4 is 17.7 Å². The fraction of sp³-hybridized carbons (Fsp3) is 0.400. The van der Waals surface area contributed by atoms with E-state index in [1.54, 1.807) is 0 Å². The van der Waals surface area contributed by atoms with Crippen LogP contribution in [0.2, 0.25) is 1.41 Å². The molecule has 0 aromatic heterocycles. The van der Waals surface area contributed by atoms with Gasteiger partial charge in [-0.15, -0.1) is 0 Å². The second-order valence-electron chi connectivity index (χ2n) is 7.17. The molecule has 8 nitrogen and oxygen atoms in total. The summed E-state index contributed by atoms with van der Waals surface area (Å²) in [6, 6.07) is 6.76. The Bertz CT molecular complexity index is 1630. The molecule has 0 spiro atoms. The fourth-order valence-corrected chi connectivity index (χ4v) is 3.40. The van der Waals surface area contributed by atoms with Crippen molar-refractivity contribution < 1.29 is 43.1 Å². The number of carbonyl (C=O) groups excluding carboxylic acids is 3. The summed E-state index contributed by atoms with van der Waals surface area (Å²) in [4.78, 5) is 39.0. The molecule has 1 unspecified atom stereocenters. The van der Waals surface area contributed by atoms with E-state index in [-0.39, 0.29) is 39.3 Å². The van der Waals surface area contributed by atoms with Crippen molar-refractivity contribution in [3.8, 4) is 5.75 Å². The number of fused-ring (bicyclic) bond motifs is 1. The van der Waals surface area contributed by atoms with Crippen LogP contribution in [-0.2, 0) is 34.0 Å². The number of morpholine rings is 1. The van der Waals surface area contributed by atoms with Gasteiger partial charge in [0, 0.05) is 45.3 Å². The zero-order valence-electron chi connectivity index (χ0n) is 31.0. The third-order valence-corrected chi connectivity index (χ3v) is 5.03. The van der Waals surface area contributed by atoms with Gasteiger partial charge in [-0.05, 0) is 29.7 Å². The SMILES string of the molecule is [2H]N1C(=O)C([2H])([2H])CC([2H])(N2C(=O)c3cccc(OCc4ccc(CN5C([2H])([2H])C([2H])([2H])OC([2H])([2H])C5([2H])[2H])cc4)c3C2([2H])[2H])C1=O. The van der Waals surface area contributed by atoms with Gasteiger partial charge in [0.1, 0.15) is 18.4 Å². The molecule has 3 heterocycles. The number of imide groups is 1. The van der Waals surface area contributed by atoms with Crippen LogP contribution < -0.4 is 10.0 Å². The molecule has 3 aliphatic rings. The number of ether oxygens (including phenoxy) is 2. The quantitative estimate of drug-likeness (QED) is 0.658. The number of carbonyl (C=O) groups is 3. The molecular formula is C25H27N3O5. The Kier molecular flexibility index (Phi) is 3.05. The average Bonchev–Trinajstić information content (AvgIpc) is 3.17. The van der Waals surface area contributed by atoms with Crippen LogP contribution in [0.3, 0.4) is 0 Å². The van der Waals surface area contributed by atoms with E-state index < -0.39 is 75.7 Å². The van der Waals surface area contributed by atoms with Crippen molar-refractivity contribution in [1.82, 2.24) is 15.1 Å². The molecule has 0 bridgehead atoms. The van der Waals surface area contributed by atoms with E-state index in [1.165, 1.54) is 42.5 Å². The molecule has 0 aliphatic carbocycles. The number of piperidine rings is 1. The molecule has 1 atom stereocenters. The maximum absolute atomic E-state index is 13.4. The molecule has 172 valence electrons. The number of nitrogens with zero attached hydrogens (tertiary/aromatic N) is 2. The Morgan fingerprint density at radius 2 is 1.88 bits per heavy atom. The van der Waals surface area contributed by atoms with Crippen LogP contribution in [0.4, 0.5) is 0 Å². The minimum Gasteiger partial charge on any atom is -0.489 e. The molecule has 8 heteroatoms. The van der Waals surface area contributed by atoms with Crippen molar-refractivity contribution in [3.05, 3.63) is 64.7 Å². The Balaban J connectivity index is 1.37. The van der Waals surface area contributed by atoms with Crippen molar-refractivity contribution in [2.24, 2.45) is 0 Å². The fourth-order valence-electron chi connectivity index (χ4n) is 3.40. The van der Waals surface area contributed by atoms with E-state index in [9.17, 15) is 14.4 Å². The monoisotopic (exact) mass is 463 g/mol. The predicted molar refractivity (Wildman–Crippen MR) is 119 cm³/mol. The summed E-state index contributed by atoms with van der Waals surface area (Å²) in [5.74, 6) is -4.47. The van der Waals surface area contributed by atoms with E-state index in [2.05, 4.69) is 4.74 Å². The number of benzene rings is 2. The van der Waals surface area contributed by atoms with Crippen LogP contribution in [-0.4, -0.2) is 59.7 Å². The topological polar surface area (TPSA) is 88.2 Å². The van der Waals surface area contributed by atoms with Crippen LogP contribution in [0.5, 0.6) is 5.75 Å². The maximum atomic E-state index is 13.4. The summed E-state index contributed by atoms with van der Waals surface area (Å²) in [7, 11) is 0. The van der Waals surface area contributed by atoms with Gasteiger partial charge in [-0.25, -0.2) is 0 Å². The molecule has 2 aromatic carbocycles. The Morgan fingerprint density at radius 1 is 1.12 bits per heavy atom. The standard InChI is InChI=1S/C25H27N3O5/c29-23-9-8-21(24(30)26-23)28-15-20-19(25(28)31)2-1-3-22(20)33-16-18-6-4-17(5-7-18)14-27-10-12-32-13-11-27/h1-7,21H,8-16H2,(H,26,29,30)/i9D2,10D2,11D2,12D2,13D2,15D2,21D/hD. The molecular weight excluding hydrogens is 422 g/mol. The van der Waals surface area contributed by atoms with Crippen molar-refractivity contribution in [1.29, 1.82) is 0 Å². The lowest BCUT2D eigenvalue weighted by atomic mass is 10.0. The number of hydrogen-bond donors (Lipinski definition) is 1. The van der Waals surface area contributed by atoms with E-state index in [0.29, 0.717) is 10.5 Å². The van der Waals surface area contributed by atoms with E-state index in [1.807, 2.05) is 0 Å². The molecule has 1 N–H and O–H groups in total. The lowest BCUT2D eigenvalue weighted by Crippen LogP contribution is -2.52. The minimum absolute atomic E-state index is 0.166. The van der Waals surface area contributed by atoms with Crippen LogP contribution in [0.25, 0.3) is 0 Å². The van der Waals surface area contributed by atoms with Gasteiger partial charge in [0.05, 0.1) is 29.2 Å². The number of hydrogen-bond acceptors (Lipinski definition) is 6. The first-order valence-corrected chi connectivity index (χ1v) is 9.87. The first kappa shape index (κ1) is 10.8. The lowest BCUT2D eigenvalue weighted by Gasteiger charge is -2.29. The maximum Gasteiger partial charge on any atom is 0.255 e. The van der Waals surface area contributed by atoms with Crippen LogP contribution >= 0.6 is 0 Å². The lowest BCUT2D eigenvalue weighted by molar-refractivity contribution is -0.136. The van der Waals surface area contributed by atoms with E-state index in [0.717, 1.165) is 0 Å². The summed E-state index contributed by atoms with van der Waals surface area (Å²) in [5.41, 5.74) is 0.0657. The van der Waals surface area contributed by atoms with Gasteiger partial charge in [0.15, 0.2) is 1.41 Å². The molecule has 33 heavy (non-hydrogen) atoms. The first-order valence-electron chi connectivity index (χ1n) is 16.8. The summed E-state index contributed by atoms with van der Waals surface area (Å²) in [6.45, 7) is -16.2. The molecule has 2 fully saturated rings. The van der Waals surface area contributed by atoms with Crippen LogP contribution in [0, 0.1) is 0 Å². The highest BCUT2D eigenvalue weighted by atomic mass is 16.5. The van der Waals surface area contributed by atoms with Gasteiger partial charge in [0.25, 0.3) is 5.91 Å². The predicted octanol–water partition coefficient (Wildman–Crippen LogP) is 1.86. The molecule has 5 rings (SSSR count). The zero-order chi connectivity index (χ0) is 35.3. The van der Waals surface area contributed by atoms with Crippen LogP contribution in [0.15, 0.2) is 42.5 Å². The van der Waals surface area contributed by atoms with Gasteiger partial charge >= 0.3 is 0 Å². The zero-order valence-corrected chi connectivity index (χ0v) is 17.0. The van der Waals surface area contributed by atoms with Gasteiger partial charge in [-0.1, -0.05) is 30.3 Å². The number of amides is 3. The molecule has 3 aliphatic heterocycles. The highest BCUT2D eigenvalue weighted by Gasteiger charge is 2.40. The second-order valence-corrected chi connectivity index (χ2v) is 7.17. The van der Waals surface area contributed by atoms with Crippen LogP contribution in [0.1, 0.15) is 57.7 Å². The highest BCUT2D eigenvalue weighted by Crippen LogP contribution is 2.34. The highest BCUT2D eigenvalue weighted by molar-refractivity contribution is 6.05. The third kappa shape index (κ3) is 4.62. The van der Waals surface area contributed by atoms with Gasteiger partial charge in [-0.2, -0.15) is 0 Å². The van der Waals surface area contributed by atoms with Crippen molar-refractivity contribution in [3.63, 3.8) is 0 Å². The Hall–Kier alpha value is -3.23. The summed E-state index contributed by atoms with van der Waals surface area (Å²) >= 11 is 0. The largest absolute Gasteiger partial charge is 0.489 e. The summed E-state index contributed by atoms with van der Waals surface area (Å²) in [5, 5.41) is -0.377. The average molecular weight is 464 g/mol. The second kappa shape index (κ2) is 9.33. The van der Waals surface area contributed by atoms with Crippen molar-refractivity contribution in [2.45, 2.75) is 38.5 Å². The summed E-state index contributed by atoms with van der Waals surface area (Å²) in [6.07, 6.45) is -4.13. The third-order valence-electron chi connectivity index (χ3n) is 5.03. The van der Waals surface area contributed by atoms with Crippen molar-refractivity contribution in [2.75, 3.05) is 26.1 Å². The first-order chi connectivity index (χ1) is 21.3. The number of rotatable bonds is 6. The van der Waals surface area contributed by atoms with E-state index in [4.69, 9.17) is 24.0 Å². The molecule has 0 radical (unpaired) electrons. The Morgan fingerprint density at radius 3 is 2.67 bits per heavy atom. The number of nitrogens with one attached hydrogen (secondary N) is 1. The van der Waals surface area contributed by atoms with E-state index >= 15 is 0 Å². The summed E-state index contributed by atoms with van der Waals surface area (Å²) < 4.78 is 124. The van der Waals surface area contributed by atoms with Gasteiger partial charge in [0.2, 0.25) is 11.8 Å². The molecule has 0 saturated carbocycles. The normalized spacial score (nSPS) is 39.1. The molecule has 3 amide bonds. The van der Waals surface area contributed by atoms with Gasteiger partial charge < -0.3 is 14.4 Å².